The largest absolute Gasteiger partial charge is 0.367 e. The Morgan fingerprint density at radius 3 is 2.57 bits per heavy atom. The molecule has 1 aromatic rings. The van der Waals surface area contributed by atoms with Gasteiger partial charge >= 0.3 is 0 Å². The topological polar surface area (TPSA) is 74.2 Å². The van der Waals surface area contributed by atoms with Crippen molar-refractivity contribution in [1.82, 2.24) is 14.5 Å². The van der Waals surface area contributed by atoms with Crippen molar-refractivity contribution in [3.8, 4) is 0 Å². The maximum absolute atomic E-state index is 13.3. The van der Waals surface area contributed by atoms with Crippen molar-refractivity contribution >= 4 is 40.0 Å². The van der Waals surface area contributed by atoms with Gasteiger partial charge in [0.2, 0.25) is 10.0 Å². The van der Waals surface area contributed by atoms with Crippen molar-refractivity contribution in [2.45, 2.75) is 32.5 Å². The van der Waals surface area contributed by atoms with Crippen LogP contribution in [0, 0.1) is 11.7 Å². The number of benzene rings is 1. The van der Waals surface area contributed by atoms with Crippen LogP contribution in [0.1, 0.15) is 31.9 Å². The third-order valence-corrected chi connectivity index (χ3v) is 6.62. The van der Waals surface area contributed by atoms with Crippen LogP contribution in [0.15, 0.2) is 29.3 Å². The minimum Gasteiger partial charge on any atom is -0.367 e. The van der Waals surface area contributed by atoms with Gasteiger partial charge in [-0.2, -0.15) is 0 Å². The molecule has 10 heteroatoms. The fourth-order valence-electron chi connectivity index (χ4n) is 3.87. The first-order chi connectivity index (χ1) is 13.8. The van der Waals surface area contributed by atoms with Gasteiger partial charge < -0.3 is 15.0 Å². The van der Waals surface area contributed by atoms with E-state index in [1.54, 1.807) is 12.1 Å². The van der Waals surface area contributed by atoms with Gasteiger partial charge in [0.1, 0.15) is 11.9 Å². The van der Waals surface area contributed by atoms with Crippen LogP contribution in [0.25, 0.3) is 0 Å². The van der Waals surface area contributed by atoms with E-state index in [2.05, 4.69) is 10.2 Å². The number of hydrogen-bond acceptors (Lipinski definition) is 4. The van der Waals surface area contributed by atoms with Crippen molar-refractivity contribution < 1.29 is 17.5 Å². The van der Waals surface area contributed by atoms with Gasteiger partial charge in [-0.1, -0.05) is 12.1 Å². The molecular formula is C20H32FIN4O3S. The number of rotatable bonds is 5. The zero-order valence-corrected chi connectivity index (χ0v) is 20.9. The molecule has 3 unspecified atom stereocenters. The molecule has 0 aliphatic carbocycles. The molecule has 2 fully saturated rings. The highest BCUT2D eigenvalue weighted by Gasteiger charge is 2.30. The third kappa shape index (κ3) is 6.76. The van der Waals surface area contributed by atoms with Gasteiger partial charge in [0.25, 0.3) is 0 Å². The first kappa shape index (κ1) is 25.3. The van der Waals surface area contributed by atoms with E-state index in [9.17, 15) is 12.8 Å². The minimum atomic E-state index is -3.14. The zero-order chi connectivity index (χ0) is 21.0. The molecule has 7 nitrogen and oxygen atoms in total. The summed E-state index contributed by atoms with van der Waals surface area (Å²) < 4.78 is 44.3. The van der Waals surface area contributed by atoms with E-state index < -0.39 is 10.0 Å². The Morgan fingerprint density at radius 2 is 1.97 bits per heavy atom. The fraction of sp³-hybridized carbons (Fsp3) is 0.650. The molecule has 3 rings (SSSR count). The van der Waals surface area contributed by atoms with Crippen LogP contribution in [-0.2, 0) is 14.8 Å². The summed E-state index contributed by atoms with van der Waals surface area (Å²) in [5.41, 5.74) is 0.943. The smallest absolute Gasteiger partial charge is 0.211 e. The fourth-order valence-corrected chi connectivity index (χ4v) is 4.79. The SMILES string of the molecule is CCNC(=NCC1CCN(S(C)(=O)=O)C1)N1CC(C)OC(c2ccc(F)cc2)C1.I. The van der Waals surface area contributed by atoms with E-state index in [1.807, 2.05) is 13.8 Å². The molecule has 0 bridgehead atoms. The monoisotopic (exact) mass is 554 g/mol. The molecule has 2 aliphatic heterocycles. The van der Waals surface area contributed by atoms with Gasteiger partial charge in [0, 0.05) is 32.7 Å². The summed E-state index contributed by atoms with van der Waals surface area (Å²) in [5, 5.41) is 3.35. The number of aliphatic imine (C=N–C) groups is 1. The Bertz CT molecular complexity index is 822. The van der Waals surface area contributed by atoms with Crippen LogP contribution < -0.4 is 5.32 Å². The Kier molecular flexibility index (Phi) is 9.32. The average molecular weight is 554 g/mol. The summed E-state index contributed by atoms with van der Waals surface area (Å²) in [6, 6.07) is 6.43. The number of halogens is 2. The highest BCUT2D eigenvalue weighted by atomic mass is 127. The van der Waals surface area contributed by atoms with Crippen molar-refractivity contribution in [3.63, 3.8) is 0 Å². The summed E-state index contributed by atoms with van der Waals surface area (Å²) >= 11 is 0. The van der Waals surface area contributed by atoms with Gasteiger partial charge in [-0.05, 0) is 43.9 Å². The molecule has 0 saturated carbocycles. The maximum atomic E-state index is 13.3. The molecule has 0 aromatic heterocycles. The highest BCUT2D eigenvalue weighted by molar-refractivity contribution is 14.0. The van der Waals surface area contributed by atoms with E-state index in [1.165, 1.54) is 22.7 Å². The second-order valence-corrected chi connectivity index (χ2v) is 9.84. The van der Waals surface area contributed by atoms with E-state index >= 15 is 0 Å². The predicted molar refractivity (Wildman–Crippen MR) is 127 cm³/mol. The molecular weight excluding hydrogens is 522 g/mol. The van der Waals surface area contributed by atoms with Gasteiger partial charge in [-0.25, -0.2) is 17.1 Å². The summed E-state index contributed by atoms with van der Waals surface area (Å²) in [4.78, 5) is 6.98. The lowest BCUT2D eigenvalue weighted by Crippen LogP contribution is -2.50. The van der Waals surface area contributed by atoms with Crippen molar-refractivity contribution in [3.05, 3.63) is 35.6 Å². The second-order valence-electron chi connectivity index (χ2n) is 7.86. The molecule has 3 atom stereocenters. The number of nitrogens with zero attached hydrogens (tertiary/aromatic N) is 3. The molecule has 170 valence electrons. The Balaban J connectivity index is 0.00000320. The predicted octanol–water partition coefficient (Wildman–Crippen LogP) is 2.45. The van der Waals surface area contributed by atoms with Crippen LogP contribution in [0.4, 0.5) is 4.39 Å². The second kappa shape index (κ2) is 11.1. The molecule has 2 heterocycles. The summed E-state index contributed by atoms with van der Waals surface area (Å²) in [6.45, 7) is 7.81. The van der Waals surface area contributed by atoms with Crippen LogP contribution in [-0.4, -0.2) is 75.2 Å². The molecule has 1 aromatic carbocycles. The normalized spacial score (nSPS) is 25.8. The number of nitrogens with one attached hydrogen (secondary N) is 1. The molecule has 2 saturated heterocycles. The zero-order valence-electron chi connectivity index (χ0n) is 17.8. The van der Waals surface area contributed by atoms with Gasteiger partial charge in [0.15, 0.2) is 5.96 Å². The summed E-state index contributed by atoms with van der Waals surface area (Å²) in [6.07, 6.45) is 1.94. The number of sulfonamides is 1. The first-order valence-corrected chi connectivity index (χ1v) is 12.0. The minimum absolute atomic E-state index is 0. The summed E-state index contributed by atoms with van der Waals surface area (Å²) in [5.74, 6) is 0.779. The van der Waals surface area contributed by atoms with Crippen molar-refractivity contribution in [2.75, 3.05) is 45.5 Å². The standard InChI is InChI=1S/C20H31FN4O3S.HI/c1-4-22-20(23-11-16-9-10-25(13-16)29(3,26)27)24-12-15(2)28-19(14-24)17-5-7-18(21)8-6-17;/h5-8,15-16,19H,4,9-14H2,1-3H3,(H,22,23);1H. The van der Waals surface area contributed by atoms with E-state index in [-0.39, 0.29) is 47.9 Å². The summed E-state index contributed by atoms with van der Waals surface area (Å²) in [7, 11) is -3.14. The number of guanidine groups is 1. The molecule has 1 N–H and O–H groups in total. The van der Waals surface area contributed by atoms with Crippen LogP contribution in [0.5, 0.6) is 0 Å². The molecule has 0 spiro atoms. The van der Waals surface area contributed by atoms with Gasteiger partial charge in [-0.3, -0.25) is 4.99 Å². The average Bonchev–Trinajstić information content (AvgIpc) is 3.15. The number of ether oxygens (including phenoxy) is 1. The van der Waals surface area contributed by atoms with Crippen LogP contribution >= 0.6 is 24.0 Å². The lowest BCUT2D eigenvalue weighted by molar-refractivity contribution is -0.0605. The van der Waals surface area contributed by atoms with Gasteiger partial charge in [0.05, 0.1) is 18.9 Å². The molecule has 0 radical (unpaired) electrons. The third-order valence-electron chi connectivity index (χ3n) is 5.35. The van der Waals surface area contributed by atoms with Crippen LogP contribution in [0.2, 0.25) is 0 Å². The number of hydrogen-bond donors (Lipinski definition) is 1. The quantitative estimate of drug-likeness (QED) is 0.344. The first-order valence-electron chi connectivity index (χ1n) is 10.2. The van der Waals surface area contributed by atoms with E-state index in [0.29, 0.717) is 32.7 Å². The van der Waals surface area contributed by atoms with Crippen molar-refractivity contribution in [2.24, 2.45) is 10.9 Å². The van der Waals surface area contributed by atoms with E-state index in [0.717, 1.165) is 24.5 Å². The van der Waals surface area contributed by atoms with Crippen LogP contribution in [0.3, 0.4) is 0 Å². The lowest BCUT2D eigenvalue weighted by Gasteiger charge is -2.38. The Morgan fingerprint density at radius 1 is 1.27 bits per heavy atom. The Labute approximate surface area is 196 Å². The number of morpholine rings is 1. The molecule has 30 heavy (non-hydrogen) atoms. The Hall–Kier alpha value is -0.980. The lowest BCUT2D eigenvalue weighted by atomic mass is 10.1. The molecule has 0 amide bonds. The van der Waals surface area contributed by atoms with Gasteiger partial charge in [-0.15, -0.1) is 24.0 Å². The van der Waals surface area contributed by atoms with E-state index in [4.69, 9.17) is 9.73 Å². The highest BCUT2D eigenvalue weighted by Crippen LogP contribution is 2.26. The molecule has 2 aliphatic rings. The van der Waals surface area contributed by atoms with Crippen molar-refractivity contribution in [1.29, 1.82) is 0 Å². The maximum Gasteiger partial charge on any atom is 0.211 e.